The van der Waals surface area contributed by atoms with Crippen LogP contribution in [-0.2, 0) is 22.7 Å². The molecule has 1 aliphatic rings. The maximum atomic E-state index is 13.2. The second-order valence-corrected chi connectivity index (χ2v) is 8.48. The Labute approximate surface area is 198 Å². The fraction of sp³-hybridized carbons (Fsp3) is 0.400. The summed E-state index contributed by atoms with van der Waals surface area (Å²) in [7, 11) is 1.61. The molecule has 1 saturated heterocycles. The molecule has 34 heavy (non-hydrogen) atoms. The molecule has 2 amide bonds. The molecule has 1 unspecified atom stereocenters. The second kappa shape index (κ2) is 10.1. The third kappa shape index (κ3) is 5.14. The molecule has 9 heteroatoms. The van der Waals surface area contributed by atoms with Crippen LogP contribution in [0.1, 0.15) is 38.7 Å². The van der Waals surface area contributed by atoms with Crippen molar-refractivity contribution in [1.29, 1.82) is 0 Å². The van der Waals surface area contributed by atoms with Crippen molar-refractivity contribution < 1.29 is 28.0 Å². The fourth-order valence-electron chi connectivity index (χ4n) is 4.03. The third-order valence-corrected chi connectivity index (χ3v) is 6.02. The molecule has 0 radical (unpaired) electrons. The second-order valence-electron chi connectivity index (χ2n) is 8.48. The van der Waals surface area contributed by atoms with Crippen molar-refractivity contribution in [3.8, 4) is 5.75 Å². The summed E-state index contributed by atoms with van der Waals surface area (Å²) in [6.07, 6.45) is 1.06. The lowest BCUT2D eigenvalue weighted by molar-refractivity contribution is -0.132. The SMILES string of the molecule is COc1cccc(CN2CC(OCc3c(C)noc3C)CN(C(=O)c3occc3C)CC2=O)c1. The van der Waals surface area contributed by atoms with Gasteiger partial charge in [0.05, 0.1) is 31.8 Å². The number of carbonyl (C=O) groups excluding carboxylic acids is 2. The van der Waals surface area contributed by atoms with Crippen LogP contribution in [0.5, 0.6) is 5.75 Å². The largest absolute Gasteiger partial charge is 0.497 e. The molecule has 9 nitrogen and oxygen atoms in total. The first-order valence-electron chi connectivity index (χ1n) is 11.1. The zero-order valence-corrected chi connectivity index (χ0v) is 19.9. The Bertz CT molecular complexity index is 1150. The molecular formula is C25H29N3O6. The lowest BCUT2D eigenvalue weighted by atomic mass is 10.2. The molecule has 0 bridgehead atoms. The zero-order valence-electron chi connectivity index (χ0n) is 19.9. The number of furan rings is 1. The molecule has 1 aromatic carbocycles. The monoisotopic (exact) mass is 467 g/mol. The van der Waals surface area contributed by atoms with Gasteiger partial charge in [0.25, 0.3) is 5.91 Å². The number of amides is 2. The van der Waals surface area contributed by atoms with E-state index < -0.39 is 6.10 Å². The number of carbonyl (C=O) groups is 2. The van der Waals surface area contributed by atoms with Crippen LogP contribution >= 0.6 is 0 Å². The van der Waals surface area contributed by atoms with Crippen LogP contribution in [0, 0.1) is 20.8 Å². The topological polar surface area (TPSA) is 98.2 Å². The number of ether oxygens (including phenoxy) is 2. The van der Waals surface area contributed by atoms with Gasteiger partial charge < -0.3 is 28.2 Å². The number of aromatic nitrogens is 1. The highest BCUT2D eigenvalue weighted by atomic mass is 16.5. The fourth-order valence-corrected chi connectivity index (χ4v) is 4.03. The van der Waals surface area contributed by atoms with Crippen LogP contribution in [0.4, 0.5) is 0 Å². The van der Waals surface area contributed by atoms with Crippen molar-refractivity contribution in [2.45, 2.75) is 40.0 Å². The van der Waals surface area contributed by atoms with E-state index in [0.717, 1.165) is 28.1 Å². The summed E-state index contributed by atoms with van der Waals surface area (Å²) in [5, 5.41) is 3.98. The lowest BCUT2D eigenvalue weighted by Gasteiger charge is -2.25. The summed E-state index contributed by atoms with van der Waals surface area (Å²) in [5.41, 5.74) is 3.28. The van der Waals surface area contributed by atoms with E-state index in [0.29, 0.717) is 18.8 Å². The van der Waals surface area contributed by atoms with Crippen LogP contribution in [0.25, 0.3) is 0 Å². The van der Waals surface area contributed by atoms with Crippen LogP contribution in [0.3, 0.4) is 0 Å². The Morgan fingerprint density at radius 2 is 2.03 bits per heavy atom. The molecule has 0 aliphatic carbocycles. The molecule has 180 valence electrons. The van der Waals surface area contributed by atoms with Gasteiger partial charge in [0, 0.05) is 30.8 Å². The first-order valence-corrected chi connectivity index (χ1v) is 11.1. The van der Waals surface area contributed by atoms with Crippen molar-refractivity contribution >= 4 is 11.8 Å². The molecule has 4 rings (SSSR count). The molecule has 0 N–H and O–H groups in total. The molecule has 3 aromatic rings. The minimum Gasteiger partial charge on any atom is -0.497 e. The molecule has 0 saturated carbocycles. The van der Waals surface area contributed by atoms with Crippen molar-refractivity contribution in [3.63, 3.8) is 0 Å². The van der Waals surface area contributed by atoms with Gasteiger partial charge >= 0.3 is 0 Å². The Kier molecular flexibility index (Phi) is 7.02. The molecule has 1 fully saturated rings. The molecule has 2 aromatic heterocycles. The predicted molar refractivity (Wildman–Crippen MR) is 122 cm³/mol. The summed E-state index contributed by atoms with van der Waals surface area (Å²) < 4.78 is 22.2. The van der Waals surface area contributed by atoms with Gasteiger partial charge in [-0.1, -0.05) is 17.3 Å². The van der Waals surface area contributed by atoms with Gasteiger partial charge in [0.1, 0.15) is 18.1 Å². The van der Waals surface area contributed by atoms with Gasteiger partial charge in [-0.15, -0.1) is 0 Å². The number of aryl methyl sites for hydroxylation is 3. The summed E-state index contributed by atoms with van der Waals surface area (Å²) in [4.78, 5) is 29.6. The van der Waals surface area contributed by atoms with Gasteiger partial charge in [-0.05, 0) is 44.5 Å². The van der Waals surface area contributed by atoms with E-state index in [1.807, 2.05) is 38.1 Å². The quantitative estimate of drug-likeness (QED) is 0.526. The van der Waals surface area contributed by atoms with E-state index in [-0.39, 0.29) is 37.3 Å². The summed E-state index contributed by atoms with van der Waals surface area (Å²) in [6.45, 7) is 6.67. The van der Waals surface area contributed by atoms with Gasteiger partial charge in [-0.25, -0.2) is 0 Å². The first kappa shape index (κ1) is 23.6. The highest BCUT2D eigenvalue weighted by Gasteiger charge is 2.33. The smallest absolute Gasteiger partial charge is 0.290 e. The zero-order chi connectivity index (χ0) is 24.2. The minimum atomic E-state index is -0.412. The van der Waals surface area contributed by atoms with Crippen molar-refractivity contribution in [3.05, 3.63) is 70.5 Å². The maximum absolute atomic E-state index is 13.2. The Morgan fingerprint density at radius 1 is 1.21 bits per heavy atom. The van der Waals surface area contributed by atoms with Crippen molar-refractivity contribution in [2.24, 2.45) is 0 Å². The Balaban J connectivity index is 1.56. The molecule has 1 atom stereocenters. The van der Waals surface area contributed by atoms with Crippen LogP contribution in [0.2, 0.25) is 0 Å². The average molecular weight is 468 g/mol. The molecule has 0 spiro atoms. The van der Waals surface area contributed by atoms with Gasteiger partial charge in [-0.3, -0.25) is 9.59 Å². The van der Waals surface area contributed by atoms with E-state index >= 15 is 0 Å². The Morgan fingerprint density at radius 3 is 2.71 bits per heavy atom. The average Bonchev–Trinajstić information content (AvgIpc) is 3.35. The number of rotatable bonds is 7. The van der Waals surface area contributed by atoms with Crippen LogP contribution in [-0.4, -0.2) is 59.6 Å². The van der Waals surface area contributed by atoms with E-state index in [2.05, 4.69) is 5.16 Å². The maximum Gasteiger partial charge on any atom is 0.290 e. The van der Waals surface area contributed by atoms with Crippen molar-refractivity contribution in [1.82, 2.24) is 15.0 Å². The third-order valence-electron chi connectivity index (χ3n) is 6.02. The summed E-state index contributed by atoms with van der Waals surface area (Å²) in [5.74, 6) is 1.15. The van der Waals surface area contributed by atoms with E-state index in [1.54, 1.807) is 25.0 Å². The highest BCUT2D eigenvalue weighted by Crippen LogP contribution is 2.21. The van der Waals surface area contributed by atoms with E-state index in [1.165, 1.54) is 11.2 Å². The lowest BCUT2D eigenvalue weighted by Crippen LogP contribution is -2.39. The van der Waals surface area contributed by atoms with Gasteiger partial charge in [0.15, 0.2) is 5.76 Å². The summed E-state index contributed by atoms with van der Waals surface area (Å²) >= 11 is 0. The normalized spacial score (nSPS) is 16.6. The minimum absolute atomic E-state index is 0.0614. The highest BCUT2D eigenvalue weighted by molar-refractivity contribution is 5.95. The van der Waals surface area contributed by atoms with E-state index in [9.17, 15) is 9.59 Å². The number of hydrogen-bond donors (Lipinski definition) is 0. The molecule has 3 heterocycles. The van der Waals surface area contributed by atoms with E-state index in [4.69, 9.17) is 18.4 Å². The van der Waals surface area contributed by atoms with Gasteiger partial charge in [0.2, 0.25) is 5.91 Å². The standard InChI is InChI=1S/C25H29N3O6/c1-16-8-9-32-24(16)25(30)28-13-21(33-15-22-17(2)26-34-18(22)3)12-27(23(29)14-28)11-19-6-5-7-20(10-19)31-4/h5-10,21H,11-15H2,1-4H3. The summed E-state index contributed by atoms with van der Waals surface area (Å²) in [6, 6.07) is 9.31. The van der Waals surface area contributed by atoms with Crippen LogP contribution < -0.4 is 4.74 Å². The number of hydrogen-bond acceptors (Lipinski definition) is 7. The Hall–Kier alpha value is -3.59. The molecular weight excluding hydrogens is 438 g/mol. The number of nitrogens with zero attached hydrogens (tertiary/aromatic N) is 3. The molecule has 1 aliphatic heterocycles. The number of benzene rings is 1. The van der Waals surface area contributed by atoms with Gasteiger partial charge in [-0.2, -0.15) is 0 Å². The van der Waals surface area contributed by atoms with Crippen LogP contribution in [0.15, 0.2) is 45.5 Å². The van der Waals surface area contributed by atoms with Crippen molar-refractivity contribution in [2.75, 3.05) is 26.7 Å². The number of methoxy groups -OCH3 is 1. The first-order chi connectivity index (χ1) is 16.4. The predicted octanol–water partition coefficient (Wildman–Crippen LogP) is 3.27.